The van der Waals surface area contributed by atoms with E-state index in [1.165, 1.54) is 51.7 Å². The second-order valence-electron chi connectivity index (χ2n) is 8.23. The number of hydrogen-bond acceptors (Lipinski definition) is 5. The molecule has 2 fully saturated rings. The molecule has 1 atom stereocenters. The third-order valence-corrected chi connectivity index (χ3v) is 6.04. The summed E-state index contributed by atoms with van der Waals surface area (Å²) in [5.41, 5.74) is 2.02. The van der Waals surface area contributed by atoms with E-state index in [-0.39, 0.29) is 0 Å². The molecule has 1 aromatic carbocycles. The molecule has 2 aliphatic rings. The van der Waals surface area contributed by atoms with Gasteiger partial charge in [-0.05, 0) is 82.9 Å². The summed E-state index contributed by atoms with van der Waals surface area (Å²) in [7, 11) is 0. The second-order valence-corrected chi connectivity index (χ2v) is 8.23. The molecule has 3 heterocycles. The van der Waals surface area contributed by atoms with Crippen LogP contribution in [0.15, 0.2) is 34.9 Å². The number of rotatable bonds is 8. The van der Waals surface area contributed by atoms with Gasteiger partial charge in [-0.3, -0.25) is 4.90 Å². The van der Waals surface area contributed by atoms with Gasteiger partial charge in [-0.15, -0.1) is 0 Å². The predicted molar refractivity (Wildman–Crippen MR) is 111 cm³/mol. The first kappa shape index (κ1) is 19.5. The maximum atomic E-state index is 5.91. The van der Waals surface area contributed by atoms with Gasteiger partial charge in [-0.25, -0.2) is 4.98 Å². The van der Waals surface area contributed by atoms with Crippen molar-refractivity contribution in [3.63, 3.8) is 0 Å². The highest BCUT2D eigenvalue weighted by Gasteiger charge is 2.19. The fraction of sp³-hybridized carbons (Fsp3) is 0.609. The monoisotopic (exact) mass is 383 g/mol. The van der Waals surface area contributed by atoms with Gasteiger partial charge in [0.05, 0.1) is 12.3 Å². The lowest BCUT2D eigenvalue weighted by Gasteiger charge is -2.25. The van der Waals surface area contributed by atoms with E-state index in [0.717, 1.165) is 49.2 Å². The number of ether oxygens (including phenoxy) is 1. The van der Waals surface area contributed by atoms with Gasteiger partial charge < -0.3 is 14.1 Å². The van der Waals surface area contributed by atoms with E-state index in [0.29, 0.717) is 5.89 Å². The number of nitrogens with zero attached hydrogens (tertiary/aromatic N) is 3. The van der Waals surface area contributed by atoms with Crippen molar-refractivity contribution in [2.45, 2.75) is 58.0 Å². The Morgan fingerprint density at radius 3 is 2.64 bits per heavy atom. The first-order chi connectivity index (χ1) is 13.8. The van der Waals surface area contributed by atoms with Crippen molar-refractivity contribution in [1.29, 1.82) is 0 Å². The number of hydrogen-bond donors (Lipinski definition) is 0. The van der Waals surface area contributed by atoms with Crippen LogP contribution in [0.3, 0.4) is 0 Å². The summed E-state index contributed by atoms with van der Waals surface area (Å²) in [5.74, 6) is 1.61. The molecule has 0 spiro atoms. The Balaban J connectivity index is 1.24. The Hall–Kier alpha value is -1.85. The second kappa shape index (κ2) is 9.57. The fourth-order valence-electron chi connectivity index (χ4n) is 4.34. The van der Waals surface area contributed by atoms with E-state index in [1.807, 2.05) is 24.3 Å². The van der Waals surface area contributed by atoms with E-state index in [1.54, 1.807) is 6.26 Å². The summed E-state index contributed by atoms with van der Waals surface area (Å²) in [4.78, 5) is 9.71. The number of oxazole rings is 1. The lowest BCUT2D eigenvalue weighted by molar-refractivity contribution is 0.218. The van der Waals surface area contributed by atoms with Crippen molar-refractivity contribution in [2.75, 3.05) is 32.8 Å². The van der Waals surface area contributed by atoms with Gasteiger partial charge in [0, 0.05) is 24.7 Å². The zero-order chi connectivity index (χ0) is 19.2. The maximum absolute atomic E-state index is 5.91. The molecule has 2 saturated heterocycles. The van der Waals surface area contributed by atoms with Gasteiger partial charge in [0.1, 0.15) is 12.0 Å². The van der Waals surface area contributed by atoms with Crippen LogP contribution >= 0.6 is 0 Å². The van der Waals surface area contributed by atoms with Crippen LogP contribution in [0.1, 0.15) is 51.1 Å². The first-order valence-corrected chi connectivity index (χ1v) is 10.9. The summed E-state index contributed by atoms with van der Waals surface area (Å²) in [5, 5.41) is 0. The molecular weight excluding hydrogens is 350 g/mol. The van der Waals surface area contributed by atoms with Gasteiger partial charge in [-0.1, -0.05) is 6.42 Å². The van der Waals surface area contributed by atoms with Gasteiger partial charge in [0.25, 0.3) is 0 Å². The number of piperidine rings is 1. The number of benzene rings is 1. The molecule has 0 N–H and O–H groups in total. The Kier molecular flexibility index (Phi) is 6.65. The van der Waals surface area contributed by atoms with Crippen molar-refractivity contribution in [1.82, 2.24) is 14.8 Å². The van der Waals surface area contributed by atoms with Crippen LogP contribution < -0.4 is 4.74 Å². The average molecular weight is 384 g/mol. The van der Waals surface area contributed by atoms with Crippen LogP contribution in [-0.4, -0.2) is 53.6 Å². The summed E-state index contributed by atoms with van der Waals surface area (Å²) in [6.07, 6.45) is 9.49. The van der Waals surface area contributed by atoms with E-state index >= 15 is 0 Å². The van der Waals surface area contributed by atoms with Crippen LogP contribution in [0, 0.1) is 0 Å². The molecule has 2 aliphatic heterocycles. The lowest BCUT2D eigenvalue weighted by Crippen LogP contribution is -2.29. The minimum absolute atomic E-state index is 0.696. The van der Waals surface area contributed by atoms with Crippen LogP contribution in [0.5, 0.6) is 5.75 Å². The maximum Gasteiger partial charge on any atom is 0.226 e. The molecular formula is C23H33N3O2. The Bertz CT molecular complexity index is 722. The summed E-state index contributed by atoms with van der Waals surface area (Å²) < 4.78 is 11.6. The quantitative estimate of drug-likeness (QED) is 0.624. The van der Waals surface area contributed by atoms with Crippen LogP contribution in [0.25, 0.3) is 11.5 Å². The minimum atomic E-state index is 0.696. The Morgan fingerprint density at radius 1 is 1.07 bits per heavy atom. The van der Waals surface area contributed by atoms with Crippen LogP contribution in [0.2, 0.25) is 0 Å². The Labute approximate surface area is 168 Å². The van der Waals surface area contributed by atoms with Crippen molar-refractivity contribution >= 4 is 0 Å². The molecule has 152 valence electrons. The van der Waals surface area contributed by atoms with Gasteiger partial charge in [0.15, 0.2) is 0 Å². The molecule has 28 heavy (non-hydrogen) atoms. The smallest absolute Gasteiger partial charge is 0.226 e. The zero-order valence-electron chi connectivity index (χ0n) is 17.1. The first-order valence-electron chi connectivity index (χ1n) is 10.9. The number of likely N-dealkylation sites (tertiary alicyclic amines) is 2. The highest BCUT2D eigenvalue weighted by Crippen LogP contribution is 2.23. The molecule has 0 saturated carbocycles. The molecule has 0 aliphatic carbocycles. The molecule has 1 aromatic heterocycles. The highest BCUT2D eigenvalue weighted by atomic mass is 16.5. The molecule has 0 bridgehead atoms. The molecule has 0 radical (unpaired) electrons. The van der Waals surface area contributed by atoms with E-state index < -0.39 is 0 Å². The van der Waals surface area contributed by atoms with Gasteiger partial charge >= 0.3 is 0 Å². The summed E-state index contributed by atoms with van der Waals surface area (Å²) in [6, 6.07) is 8.84. The van der Waals surface area contributed by atoms with Crippen LogP contribution in [0.4, 0.5) is 0 Å². The van der Waals surface area contributed by atoms with Crippen molar-refractivity contribution in [2.24, 2.45) is 0 Å². The largest absolute Gasteiger partial charge is 0.494 e. The van der Waals surface area contributed by atoms with Crippen molar-refractivity contribution in [3.8, 4) is 17.2 Å². The number of aromatic nitrogens is 1. The predicted octanol–water partition coefficient (Wildman–Crippen LogP) is 4.58. The molecule has 5 heteroatoms. The summed E-state index contributed by atoms with van der Waals surface area (Å²) in [6.45, 7) is 8.70. The standard InChI is InChI=1S/C23H33N3O2/c1-19-7-5-14-26(19)15-6-16-27-22-10-8-20(9-11-22)23-24-21(18-28-23)17-25-12-3-2-4-13-25/h8-11,18-19H,2-7,12-17H2,1H3/t19-/m1/s1. The van der Waals surface area contributed by atoms with Gasteiger partial charge in [0.2, 0.25) is 5.89 Å². The average Bonchev–Trinajstić information content (AvgIpc) is 3.36. The topological polar surface area (TPSA) is 41.7 Å². The van der Waals surface area contributed by atoms with Gasteiger partial charge in [-0.2, -0.15) is 0 Å². The van der Waals surface area contributed by atoms with E-state index in [2.05, 4.69) is 21.7 Å². The molecule has 4 rings (SSSR count). The van der Waals surface area contributed by atoms with E-state index in [9.17, 15) is 0 Å². The minimum Gasteiger partial charge on any atom is -0.494 e. The lowest BCUT2D eigenvalue weighted by atomic mass is 10.1. The van der Waals surface area contributed by atoms with E-state index in [4.69, 9.17) is 9.15 Å². The molecule has 0 amide bonds. The fourth-order valence-corrected chi connectivity index (χ4v) is 4.34. The zero-order valence-corrected chi connectivity index (χ0v) is 17.1. The SMILES string of the molecule is C[C@@H]1CCCN1CCCOc1ccc(-c2nc(CN3CCCCC3)co2)cc1. The molecule has 2 aromatic rings. The third-order valence-electron chi connectivity index (χ3n) is 6.04. The highest BCUT2D eigenvalue weighted by molar-refractivity contribution is 5.54. The van der Waals surface area contributed by atoms with Crippen molar-refractivity contribution in [3.05, 3.63) is 36.2 Å². The van der Waals surface area contributed by atoms with Crippen LogP contribution in [-0.2, 0) is 6.54 Å². The molecule has 0 unspecified atom stereocenters. The molecule has 5 nitrogen and oxygen atoms in total. The normalized spacial score (nSPS) is 21.2. The summed E-state index contributed by atoms with van der Waals surface area (Å²) >= 11 is 0. The third kappa shape index (κ3) is 5.15. The Morgan fingerprint density at radius 2 is 1.89 bits per heavy atom. The van der Waals surface area contributed by atoms with Crippen molar-refractivity contribution < 1.29 is 9.15 Å².